The molecular weight excluding hydrogens is 422 g/mol. The van der Waals surface area contributed by atoms with Crippen molar-refractivity contribution in [2.45, 2.75) is 50.9 Å². The van der Waals surface area contributed by atoms with Crippen molar-refractivity contribution in [2.75, 3.05) is 26.2 Å². The fraction of sp³-hybridized carbons (Fsp3) is 0.480. The smallest absolute Gasteiger partial charge is 0.251 e. The molecule has 1 amide bonds. The number of nitrogens with zero attached hydrogens (tertiary/aromatic N) is 2. The van der Waals surface area contributed by atoms with Gasteiger partial charge in [0.15, 0.2) is 0 Å². The van der Waals surface area contributed by atoms with Gasteiger partial charge in [0.25, 0.3) is 5.91 Å². The minimum absolute atomic E-state index is 0.0151. The van der Waals surface area contributed by atoms with Crippen molar-refractivity contribution in [3.8, 4) is 0 Å². The van der Waals surface area contributed by atoms with Crippen LogP contribution in [0.1, 0.15) is 59.2 Å². The molecule has 0 bridgehead atoms. The minimum Gasteiger partial charge on any atom is -0.348 e. The lowest BCUT2D eigenvalue weighted by molar-refractivity contribution is 0.0950. The number of hydrogen-bond donors (Lipinski definition) is 1. The summed E-state index contributed by atoms with van der Waals surface area (Å²) in [7, 11) is -3.28. The van der Waals surface area contributed by atoms with Gasteiger partial charge >= 0.3 is 0 Å². The van der Waals surface area contributed by atoms with Crippen molar-refractivity contribution in [3.63, 3.8) is 0 Å². The number of carbonyl (C=O) groups is 1. The monoisotopic (exact) mass is 455 g/mol. The van der Waals surface area contributed by atoms with Crippen molar-refractivity contribution < 1.29 is 13.2 Å². The summed E-state index contributed by atoms with van der Waals surface area (Å²) in [6, 6.07) is 15.2. The maximum Gasteiger partial charge on any atom is 0.251 e. The second-order valence-corrected chi connectivity index (χ2v) is 10.8. The Morgan fingerprint density at radius 1 is 0.812 bits per heavy atom. The van der Waals surface area contributed by atoms with Crippen LogP contribution in [0.2, 0.25) is 0 Å². The van der Waals surface area contributed by atoms with Gasteiger partial charge in [-0.05, 0) is 67.6 Å². The lowest BCUT2D eigenvalue weighted by Crippen LogP contribution is -2.30. The molecule has 7 heteroatoms. The fourth-order valence-corrected chi connectivity index (χ4v) is 6.15. The lowest BCUT2D eigenvalue weighted by Gasteiger charge is -2.27. The van der Waals surface area contributed by atoms with Gasteiger partial charge in [0.05, 0.1) is 5.75 Å². The van der Waals surface area contributed by atoms with E-state index < -0.39 is 10.0 Å². The summed E-state index contributed by atoms with van der Waals surface area (Å²) >= 11 is 0. The molecule has 2 saturated heterocycles. The average Bonchev–Trinajstić information content (AvgIpc) is 3.36. The Morgan fingerprint density at radius 2 is 1.44 bits per heavy atom. The van der Waals surface area contributed by atoms with E-state index in [9.17, 15) is 13.2 Å². The van der Waals surface area contributed by atoms with Gasteiger partial charge in [-0.25, -0.2) is 12.7 Å². The Bertz CT molecular complexity index is 1010. The number of benzene rings is 2. The van der Waals surface area contributed by atoms with E-state index in [0.717, 1.165) is 38.0 Å². The van der Waals surface area contributed by atoms with Gasteiger partial charge < -0.3 is 5.32 Å². The molecule has 2 aromatic rings. The summed E-state index contributed by atoms with van der Waals surface area (Å²) in [5.41, 5.74) is 3.65. The molecule has 2 aliphatic heterocycles. The number of nitrogens with one attached hydrogen (secondary N) is 1. The molecule has 2 heterocycles. The molecule has 0 radical (unpaired) electrons. The van der Waals surface area contributed by atoms with Crippen LogP contribution in [0.3, 0.4) is 0 Å². The van der Waals surface area contributed by atoms with E-state index in [1.165, 1.54) is 24.8 Å². The summed E-state index contributed by atoms with van der Waals surface area (Å²) in [6.07, 6.45) is 5.69. The zero-order chi connectivity index (χ0) is 22.4. The van der Waals surface area contributed by atoms with E-state index in [-0.39, 0.29) is 11.7 Å². The first-order chi connectivity index (χ1) is 15.5. The molecule has 0 saturated carbocycles. The molecule has 0 spiro atoms. The summed E-state index contributed by atoms with van der Waals surface area (Å²) in [4.78, 5) is 15.2. The third kappa shape index (κ3) is 5.97. The van der Waals surface area contributed by atoms with Crippen LogP contribution in [-0.2, 0) is 28.9 Å². The second kappa shape index (κ2) is 10.6. The van der Waals surface area contributed by atoms with Crippen LogP contribution in [0.25, 0.3) is 0 Å². The zero-order valence-electron chi connectivity index (χ0n) is 18.6. The first-order valence-electron chi connectivity index (χ1n) is 11.7. The van der Waals surface area contributed by atoms with Gasteiger partial charge in [-0.2, -0.15) is 0 Å². The molecule has 4 rings (SSSR count). The molecule has 0 aliphatic carbocycles. The molecule has 1 N–H and O–H groups in total. The lowest BCUT2D eigenvalue weighted by atomic mass is 10.0. The molecule has 32 heavy (non-hydrogen) atoms. The Morgan fingerprint density at radius 3 is 2.12 bits per heavy atom. The summed E-state index contributed by atoms with van der Waals surface area (Å²) in [5, 5.41) is 3.02. The minimum atomic E-state index is -3.28. The van der Waals surface area contributed by atoms with Crippen LogP contribution >= 0.6 is 0 Å². The van der Waals surface area contributed by atoms with Crippen LogP contribution in [0.5, 0.6) is 0 Å². The summed E-state index contributed by atoms with van der Waals surface area (Å²) in [5.74, 6) is -0.162. The third-order valence-electron chi connectivity index (χ3n) is 6.42. The van der Waals surface area contributed by atoms with Gasteiger partial charge in [0.2, 0.25) is 10.0 Å². The van der Waals surface area contributed by atoms with E-state index in [1.807, 2.05) is 6.07 Å². The normalized spacial score (nSPS) is 18.0. The van der Waals surface area contributed by atoms with Crippen LogP contribution in [0, 0.1) is 0 Å². The van der Waals surface area contributed by atoms with E-state index in [2.05, 4.69) is 28.4 Å². The number of carbonyl (C=O) groups excluding carboxylic acids is 1. The van der Waals surface area contributed by atoms with E-state index in [1.54, 1.807) is 28.6 Å². The molecule has 2 aliphatic rings. The van der Waals surface area contributed by atoms with Crippen molar-refractivity contribution in [2.24, 2.45) is 0 Å². The Kier molecular flexibility index (Phi) is 7.60. The number of sulfonamides is 1. The maximum atomic E-state index is 12.7. The maximum absolute atomic E-state index is 12.7. The highest BCUT2D eigenvalue weighted by Gasteiger charge is 2.25. The molecule has 0 aromatic heterocycles. The molecule has 2 aromatic carbocycles. The number of amides is 1. The van der Waals surface area contributed by atoms with Crippen molar-refractivity contribution in [1.82, 2.24) is 14.5 Å². The largest absolute Gasteiger partial charge is 0.348 e. The van der Waals surface area contributed by atoms with E-state index in [0.29, 0.717) is 30.8 Å². The molecule has 2 fully saturated rings. The average molecular weight is 456 g/mol. The fourth-order valence-electron chi connectivity index (χ4n) is 4.54. The number of hydrogen-bond acceptors (Lipinski definition) is 4. The van der Waals surface area contributed by atoms with Gasteiger partial charge in [0.1, 0.15) is 0 Å². The molecule has 0 unspecified atom stereocenters. The van der Waals surface area contributed by atoms with E-state index >= 15 is 0 Å². The molecule has 172 valence electrons. The predicted molar refractivity (Wildman–Crippen MR) is 127 cm³/mol. The highest BCUT2D eigenvalue weighted by molar-refractivity contribution is 7.88. The van der Waals surface area contributed by atoms with Crippen LogP contribution in [0.15, 0.2) is 48.5 Å². The Balaban J connectivity index is 1.33. The highest BCUT2D eigenvalue weighted by atomic mass is 32.2. The summed E-state index contributed by atoms with van der Waals surface area (Å²) in [6.45, 7) is 4.91. The Hall–Kier alpha value is -2.22. The first-order valence-corrected chi connectivity index (χ1v) is 13.3. The Labute approximate surface area is 191 Å². The van der Waals surface area contributed by atoms with Gasteiger partial charge in [-0.15, -0.1) is 0 Å². The van der Waals surface area contributed by atoms with Crippen LogP contribution in [0.4, 0.5) is 0 Å². The predicted octanol–water partition coefficient (Wildman–Crippen LogP) is 3.53. The topological polar surface area (TPSA) is 69.7 Å². The van der Waals surface area contributed by atoms with Crippen LogP contribution in [-0.4, -0.2) is 49.7 Å². The third-order valence-corrected chi connectivity index (χ3v) is 8.27. The summed E-state index contributed by atoms with van der Waals surface area (Å²) < 4.78 is 26.6. The molecular formula is C25H33N3O3S. The standard InChI is InChI=1S/C25H33N3O3S/c29-25(22-12-10-21(11-13-22)20-32(30,31)28-16-6-7-17-28)26-18-23-8-2-3-9-24(23)19-27-14-4-1-5-15-27/h2-3,8-13H,1,4-7,14-20H2,(H,26,29). The number of piperidine rings is 1. The second-order valence-electron chi connectivity index (χ2n) is 8.85. The van der Waals surface area contributed by atoms with E-state index in [4.69, 9.17) is 0 Å². The highest BCUT2D eigenvalue weighted by Crippen LogP contribution is 2.18. The number of likely N-dealkylation sites (tertiary alicyclic amines) is 1. The SMILES string of the molecule is O=C(NCc1ccccc1CN1CCCCC1)c1ccc(CS(=O)(=O)N2CCCC2)cc1. The van der Waals surface area contributed by atoms with Crippen molar-refractivity contribution >= 4 is 15.9 Å². The quantitative estimate of drug-likeness (QED) is 0.661. The number of rotatable bonds is 8. The molecule has 6 nitrogen and oxygen atoms in total. The molecule has 0 atom stereocenters. The van der Waals surface area contributed by atoms with Gasteiger partial charge in [-0.3, -0.25) is 9.69 Å². The zero-order valence-corrected chi connectivity index (χ0v) is 19.4. The van der Waals surface area contributed by atoms with Crippen molar-refractivity contribution in [3.05, 3.63) is 70.8 Å². The van der Waals surface area contributed by atoms with Crippen molar-refractivity contribution in [1.29, 1.82) is 0 Å². The van der Waals surface area contributed by atoms with Gasteiger partial charge in [-0.1, -0.05) is 42.8 Å². The van der Waals surface area contributed by atoms with Gasteiger partial charge in [0, 0.05) is 31.7 Å². The van der Waals surface area contributed by atoms with Crippen LogP contribution < -0.4 is 5.32 Å². The first kappa shape index (κ1) is 23.0.